The summed E-state index contributed by atoms with van der Waals surface area (Å²) in [5.41, 5.74) is 8.02. The Bertz CT molecular complexity index is 605. The summed E-state index contributed by atoms with van der Waals surface area (Å²) in [6.07, 6.45) is 0.273. The molecule has 23 heavy (non-hydrogen) atoms. The molecule has 0 saturated carbocycles. The third-order valence-electron chi connectivity index (χ3n) is 3.33. The van der Waals surface area contributed by atoms with Crippen molar-refractivity contribution in [2.24, 2.45) is 5.73 Å². The molecule has 0 spiro atoms. The summed E-state index contributed by atoms with van der Waals surface area (Å²) in [5.74, 6) is 0.758. The number of ether oxygens (including phenoxy) is 1. The van der Waals surface area contributed by atoms with Crippen LogP contribution in [-0.4, -0.2) is 12.5 Å². The van der Waals surface area contributed by atoms with Gasteiger partial charge in [-0.15, -0.1) is 12.4 Å². The average molecular weight is 335 g/mol. The molecular formula is C18H23ClN2O2. The highest BCUT2D eigenvalue weighted by Crippen LogP contribution is 2.15. The fraction of sp³-hybridized carbons (Fsp3) is 0.278. The molecular weight excluding hydrogens is 312 g/mol. The van der Waals surface area contributed by atoms with Gasteiger partial charge in [-0.2, -0.15) is 0 Å². The van der Waals surface area contributed by atoms with Gasteiger partial charge in [0.2, 0.25) is 5.91 Å². The van der Waals surface area contributed by atoms with Crippen LogP contribution in [0.2, 0.25) is 0 Å². The van der Waals surface area contributed by atoms with Gasteiger partial charge in [-0.25, -0.2) is 0 Å². The van der Waals surface area contributed by atoms with Crippen LogP contribution in [0.15, 0.2) is 54.6 Å². The molecule has 1 atom stereocenters. The summed E-state index contributed by atoms with van der Waals surface area (Å²) < 4.78 is 5.44. The number of rotatable bonds is 7. The second kappa shape index (κ2) is 9.87. The number of halogens is 1. The van der Waals surface area contributed by atoms with Crippen LogP contribution in [-0.2, 0) is 11.3 Å². The highest BCUT2D eigenvalue weighted by Gasteiger charge is 2.11. The predicted octanol–water partition coefficient (Wildman–Crippen LogP) is 3.21. The number of hydrogen-bond donors (Lipinski definition) is 2. The molecule has 3 N–H and O–H groups in total. The molecule has 0 aromatic heterocycles. The summed E-state index contributed by atoms with van der Waals surface area (Å²) in [4.78, 5) is 12.0. The van der Waals surface area contributed by atoms with E-state index in [0.29, 0.717) is 13.2 Å². The number of benzene rings is 2. The zero-order valence-electron chi connectivity index (χ0n) is 13.2. The Kier molecular flexibility index (Phi) is 8.16. The van der Waals surface area contributed by atoms with E-state index in [1.807, 2.05) is 61.5 Å². The largest absolute Gasteiger partial charge is 0.494 e. The number of carbonyl (C=O) groups excluding carboxylic acids is 1. The second-order valence-corrected chi connectivity index (χ2v) is 5.08. The van der Waals surface area contributed by atoms with Crippen LogP contribution in [0.25, 0.3) is 0 Å². The molecule has 0 bridgehead atoms. The Labute approximate surface area is 143 Å². The first kappa shape index (κ1) is 19.0. The number of nitrogens with one attached hydrogen (secondary N) is 1. The highest BCUT2D eigenvalue weighted by molar-refractivity contribution is 5.85. The summed E-state index contributed by atoms with van der Waals surface area (Å²) in [5, 5.41) is 2.89. The number of carbonyl (C=O) groups is 1. The lowest BCUT2D eigenvalue weighted by atomic mass is 10.0. The Morgan fingerprint density at radius 2 is 1.91 bits per heavy atom. The van der Waals surface area contributed by atoms with Crippen molar-refractivity contribution in [2.45, 2.75) is 25.9 Å². The zero-order chi connectivity index (χ0) is 15.8. The van der Waals surface area contributed by atoms with Crippen molar-refractivity contribution in [3.63, 3.8) is 0 Å². The molecule has 1 amide bonds. The Morgan fingerprint density at radius 3 is 2.61 bits per heavy atom. The lowest BCUT2D eigenvalue weighted by Crippen LogP contribution is -2.27. The molecule has 0 aliphatic heterocycles. The number of amides is 1. The molecule has 124 valence electrons. The predicted molar refractivity (Wildman–Crippen MR) is 94.7 cm³/mol. The van der Waals surface area contributed by atoms with Crippen LogP contribution in [0.5, 0.6) is 5.75 Å². The van der Waals surface area contributed by atoms with Crippen molar-refractivity contribution >= 4 is 18.3 Å². The minimum absolute atomic E-state index is 0. The molecule has 0 aliphatic rings. The van der Waals surface area contributed by atoms with Crippen molar-refractivity contribution in [1.29, 1.82) is 0 Å². The number of hydrogen-bond acceptors (Lipinski definition) is 3. The van der Waals surface area contributed by atoms with Crippen molar-refractivity contribution in [2.75, 3.05) is 6.61 Å². The molecule has 0 fully saturated rings. The van der Waals surface area contributed by atoms with Gasteiger partial charge in [-0.1, -0.05) is 42.5 Å². The van der Waals surface area contributed by atoms with Gasteiger partial charge in [0.25, 0.3) is 0 Å². The van der Waals surface area contributed by atoms with Gasteiger partial charge in [0.1, 0.15) is 5.75 Å². The van der Waals surface area contributed by atoms with Crippen molar-refractivity contribution in [3.05, 3.63) is 65.7 Å². The molecule has 0 saturated heterocycles. The lowest BCUT2D eigenvalue weighted by Gasteiger charge is -2.12. The molecule has 0 aliphatic carbocycles. The van der Waals surface area contributed by atoms with E-state index >= 15 is 0 Å². The van der Waals surface area contributed by atoms with Crippen LogP contribution in [0.1, 0.15) is 30.5 Å². The third-order valence-corrected chi connectivity index (χ3v) is 3.33. The second-order valence-electron chi connectivity index (χ2n) is 5.08. The lowest BCUT2D eigenvalue weighted by molar-refractivity contribution is -0.121. The Hall–Kier alpha value is -2.04. The van der Waals surface area contributed by atoms with Gasteiger partial charge < -0.3 is 15.8 Å². The van der Waals surface area contributed by atoms with Gasteiger partial charge in [0.05, 0.1) is 6.61 Å². The molecule has 2 aromatic rings. The SMILES string of the molecule is CCOc1cccc(CNC(=O)CC(N)c2ccccc2)c1.Cl. The van der Waals surface area contributed by atoms with Crippen molar-refractivity contribution < 1.29 is 9.53 Å². The van der Waals surface area contributed by atoms with Crippen LogP contribution in [0.4, 0.5) is 0 Å². The number of nitrogens with two attached hydrogens (primary N) is 1. The molecule has 0 heterocycles. The molecule has 5 heteroatoms. The van der Waals surface area contributed by atoms with Gasteiger partial charge in [0, 0.05) is 19.0 Å². The minimum Gasteiger partial charge on any atom is -0.494 e. The fourth-order valence-electron chi connectivity index (χ4n) is 2.20. The van der Waals surface area contributed by atoms with E-state index in [2.05, 4.69) is 5.32 Å². The molecule has 4 nitrogen and oxygen atoms in total. The van der Waals surface area contributed by atoms with E-state index in [1.54, 1.807) is 0 Å². The van der Waals surface area contributed by atoms with Gasteiger partial charge in [0.15, 0.2) is 0 Å². The fourth-order valence-corrected chi connectivity index (χ4v) is 2.20. The van der Waals surface area contributed by atoms with E-state index in [9.17, 15) is 4.79 Å². The van der Waals surface area contributed by atoms with E-state index in [0.717, 1.165) is 16.9 Å². The van der Waals surface area contributed by atoms with Crippen molar-refractivity contribution in [1.82, 2.24) is 5.32 Å². The third kappa shape index (κ3) is 6.30. The minimum atomic E-state index is -0.282. The van der Waals surface area contributed by atoms with E-state index < -0.39 is 0 Å². The van der Waals surface area contributed by atoms with Crippen LogP contribution in [0.3, 0.4) is 0 Å². The first-order valence-corrected chi connectivity index (χ1v) is 7.48. The van der Waals surface area contributed by atoms with E-state index in [4.69, 9.17) is 10.5 Å². The standard InChI is InChI=1S/C18H22N2O2.ClH/c1-2-22-16-10-6-7-14(11-16)13-20-18(21)12-17(19)15-8-4-3-5-9-15;/h3-11,17H,2,12-13,19H2,1H3,(H,20,21);1H. The van der Waals surface area contributed by atoms with Crippen molar-refractivity contribution in [3.8, 4) is 5.75 Å². The maximum absolute atomic E-state index is 12.0. The topological polar surface area (TPSA) is 64.3 Å². The maximum atomic E-state index is 12.0. The van der Waals surface area contributed by atoms with Gasteiger partial charge in [-0.05, 0) is 30.2 Å². The van der Waals surface area contributed by atoms with Gasteiger partial charge in [-0.3, -0.25) is 4.79 Å². The summed E-state index contributed by atoms with van der Waals surface area (Å²) in [6, 6.07) is 17.1. The molecule has 0 radical (unpaired) electrons. The summed E-state index contributed by atoms with van der Waals surface area (Å²) in [7, 11) is 0. The van der Waals surface area contributed by atoms with Crippen LogP contribution in [0, 0.1) is 0 Å². The monoisotopic (exact) mass is 334 g/mol. The zero-order valence-corrected chi connectivity index (χ0v) is 14.0. The smallest absolute Gasteiger partial charge is 0.222 e. The first-order valence-electron chi connectivity index (χ1n) is 7.48. The van der Waals surface area contributed by atoms with E-state index in [-0.39, 0.29) is 30.8 Å². The molecule has 2 rings (SSSR count). The van der Waals surface area contributed by atoms with Gasteiger partial charge >= 0.3 is 0 Å². The van der Waals surface area contributed by atoms with Crippen LogP contribution >= 0.6 is 12.4 Å². The average Bonchev–Trinajstić information content (AvgIpc) is 2.54. The summed E-state index contributed by atoms with van der Waals surface area (Å²) in [6.45, 7) is 3.04. The van der Waals surface area contributed by atoms with E-state index in [1.165, 1.54) is 0 Å². The molecule has 1 unspecified atom stereocenters. The normalized spacial score (nSPS) is 11.2. The highest BCUT2D eigenvalue weighted by atomic mass is 35.5. The first-order chi connectivity index (χ1) is 10.7. The summed E-state index contributed by atoms with van der Waals surface area (Å²) >= 11 is 0. The Balaban J connectivity index is 0.00000264. The maximum Gasteiger partial charge on any atom is 0.222 e. The molecule has 2 aromatic carbocycles. The quantitative estimate of drug-likeness (QED) is 0.817. The Morgan fingerprint density at radius 1 is 1.17 bits per heavy atom. The van der Waals surface area contributed by atoms with Crippen LogP contribution < -0.4 is 15.8 Å².